The summed E-state index contributed by atoms with van der Waals surface area (Å²) in [4.78, 5) is 14.0. The highest BCUT2D eigenvalue weighted by Gasteiger charge is 2.29. The molecule has 102 valence electrons. The van der Waals surface area contributed by atoms with Gasteiger partial charge in [0.1, 0.15) is 0 Å². The molecule has 0 aliphatic carbocycles. The minimum absolute atomic E-state index is 0.112. The molecule has 1 amide bonds. The van der Waals surface area contributed by atoms with Gasteiger partial charge in [-0.3, -0.25) is 10.1 Å². The number of carbonyl (C=O) groups is 1. The van der Waals surface area contributed by atoms with Crippen molar-refractivity contribution in [2.45, 2.75) is 31.8 Å². The van der Waals surface area contributed by atoms with Crippen LogP contribution in [0.4, 0.5) is 0 Å². The van der Waals surface area contributed by atoms with Crippen molar-refractivity contribution in [2.24, 2.45) is 5.73 Å². The highest BCUT2D eigenvalue weighted by molar-refractivity contribution is 7.10. The Balaban J connectivity index is 2.18. The van der Waals surface area contributed by atoms with E-state index in [9.17, 15) is 4.79 Å². The van der Waals surface area contributed by atoms with E-state index in [1.165, 1.54) is 9.75 Å². The summed E-state index contributed by atoms with van der Waals surface area (Å²) < 4.78 is 0. The third-order valence-corrected chi connectivity index (χ3v) is 4.91. The van der Waals surface area contributed by atoms with Gasteiger partial charge >= 0.3 is 0 Å². The topological polar surface area (TPSA) is 55.1 Å². The summed E-state index contributed by atoms with van der Waals surface area (Å²) in [5.74, 6) is -0.333. The predicted molar refractivity (Wildman–Crippen MR) is 81.5 cm³/mol. The normalized spacial score (nSPS) is 13.4. The van der Waals surface area contributed by atoms with Crippen molar-refractivity contribution >= 4 is 28.6 Å². The minimum atomic E-state index is -0.716. The van der Waals surface area contributed by atoms with Crippen LogP contribution in [-0.4, -0.2) is 11.4 Å². The van der Waals surface area contributed by atoms with Crippen LogP contribution in [0.3, 0.4) is 0 Å². The summed E-state index contributed by atoms with van der Waals surface area (Å²) in [5, 5.41) is 7.50. The zero-order valence-corrected chi connectivity index (χ0v) is 12.7. The van der Waals surface area contributed by atoms with E-state index in [4.69, 9.17) is 5.73 Å². The molecule has 2 heterocycles. The van der Waals surface area contributed by atoms with Gasteiger partial charge in [0, 0.05) is 22.2 Å². The van der Waals surface area contributed by atoms with E-state index in [0.29, 0.717) is 0 Å². The molecule has 2 aromatic rings. The highest BCUT2D eigenvalue weighted by atomic mass is 32.1. The quantitative estimate of drug-likeness (QED) is 0.860. The van der Waals surface area contributed by atoms with Crippen LogP contribution in [0.25, 0.3) is 0 Å². The van der Waals surface area contributed by atoms with Crippen LogP contribution in [-0.2, 0) is 11.2 Å². The summed E-state index contributed by atoms with van der Waals surface area (Å²) in [6.07, 6.45) is 0.870. The molecule has 0 radical (unpaired) electrons. The molecule has 0 fully saturated rings. The Morgan fingerprint density at radius 3 is 2.53 bits per heavy atom. The van der Waals surface area contributed by atoms with Crippen LogP contribution < -0.4 is 11.1 Å². The first kappa shape index (κ1) is 14.2. The predicted octanol–water partition coefficient (Wildman–Crippen LogP) is 2.95. The second-order valence-electron chi connectivity index (χ2n) is 4.99. The fourth-order valence-corrected chi connectivity index (χ4v) is 3.38. The Bertz CT molecular complexity index is 518. The van der Waals surface area contributed by atoms with Crippen LogP contribution in [0.15, 0.2) is 35.0 Å². The Hall–Kier alpha value is -1.17. The average molecular weight is 294 g/mol. The van der Waals surface area contributed by atoms with Crippen molar-refractivity contribution in [2.75, 3.05) is 0 Å². The van der Waals surface area contributed by atoms with E-state index in [-0.39, 0.29) is 11.9 Å². The van der Waals surface area contributed by atoms with Gasteiger partial charge in [0.05, 0.1) is 5.54 Å². The summed E-state index contributed by atoms with van der Waals surface area (Å²) in [7, 11) is 0. The third kappa shape index (κ3) is 3.65. The van der Waals surface area contributed by atoms with Gasteiger partial charge in [0.25, 0.3) is 0 Å². The molecule has 3 nitrogen and oxygen atoms in total. The fraction of sp³-hybridized carbons (Fsp3) is 0.357. The number of hydrogen-bond acceptors (Lipinski definition) is 4. The molecule has 0 saturated carbocycles. The molecule has 3 N–H and O–H groups in total. The molecule has 1 unspecified atom stereocenters. The fourth-order valence-electron chi connectivity index (χ4n) is 1.85. The maximum absolute atomic E-state index is 11.5. The number of carbonyl (C=O) groups excluding carboxylic acids is 1. The summed E-state index contributed by atoms with van der Waals surface area (Å²) in [6.45, 7) is 3.65. The molecule has 0 aromatic carbocycles. The van der Waals surface area contributed by atoms with Crippen LogP contribution in [0, 0.1) is 0 Å². The molecular formula is C14H18N2OS2. The first-order valence-corrected chi connectivity index (χ1v) is 7.88. The number of primary amides is 1. The van der Waals surface area contributed by atoms with Gasteiger partial charge < -0.3 is 5.73 Å². The number of nitrogens with one attached hydrogen (secondary N) is 1. The Morgan fingerprint density at radius 1 is 1.32 bits per heavy atom. The zero-order chi connectivity index (χ0) is 13.9. The third-order valence-electron chi connectivity index (χ3n) is 3.02. The molecule has 2 aromatic heterocycles. The maximum atomic E-state index is 11.5. The average Bonchev–Trinajstić information content (AvgIpc) is 3.00. The van der Waals surface area contributed by atoms with E-state index in [1.807, 2.05) is 26.0 Å². The van der Waals surface area contributed by atoms with E-state index < -0.39 is 5.54 Å². The van der Waals surface area contributed by atoms with Gasteiger partial charge in [-0.25, -0.2) is 0 Å². The Morgan fingerprint density at radius 2 is 2.00 bits per heavy atom. The lowest BCUT2D eigenvalue weighted by Gasteiger charge is -2.28. The first-order valence-electron chi connectivity index (χ1n) is 6.12. The molecule has 19 heavy (non-hydrogen) atoms. The van der Waals surface area contributed by atoms with Crippen LogP contribution in [0.2, 0.25) is 0 Å². The smallest absolute Gasteiger partial charge is 0.237 e. The standard InChI is InChI=1S/C14H18N2OS2/c1-14(2,13(15)17)16-11(12-6-4-8-19-12)9-10-5-3-7-18-10/h3-8,11,16H,9H2,1-2H3,(H2,15,17). The Kier molecular flexibility index (Phi) is 4.39. The minimum Gasteiger partial charge on any atom is -0.368 e. The van der Waals surface area contributed by atoms with E-state index in [0.717, 1.165) is 6.42 Å². The van der Waals surface area contributed by atoms with Crippen LogP contribution in [0.1, 0.15) is 29.6 Å². The van der Waals surface area contributed by atoms with E-state index in [1.54, 1.807) is 22.7 Å². The molecule has 0 spiro atoms. The summed E-state index contributed by atoms with van der Waals surface area (Å²) in [6, 6.07) is 8.39. The molecule has 1 atom stereocenters. The highest BCUT2D eigenvalue weighted by Crippen LogP contribution is 2.26. The molecule has 0 bridgehead atoms. The van der Waals surface area contributed by atoms with Gasteiger partial charge in [-0.2, -0.15) is 0 Å². The lowest BCUT2D eigenvalue weighted by Crippen LogP contribution is -2.52. The van der Waals surface area contributed by atoms with Crippen molar-refractivity contribution < 1.29 is 4.79 Å². The number of amides is 1. The monoisotopic (exact) mass is 294 g/mol. The molecule has 0 aliphatic heterocycles. The number of thiophene rings is 2. The van der Waals surface area contributed by atoms with Crippen molar-refractivity contribution in [1.29, 1.82) is 0 Å². The largest absolute Gasteiger partial charge is 0.368 e. The second-order valence-corrected chi connectivity index (χ2v) is 7.00. The zero-order valence-electron chi connectivity index (χ0n) is 11.1. The van der Waals surface area contributed by atoms with E-state index in [2.05, 4.69) is 28.2 Å². The number of hydrogen-bond donors (Lipinski definition) is 2. The molecule has 2 rings (SSSR count). The lowest BCUT2D eigenvalue weighted by atomic mass is 10.0. The lowest BCUT2D eigenvalue weighted by molar-refractivity contribution is -0.123. The molecule has 0 saturated heterocycles. The van der Waals surface area contributed by atoms with Crippen molar-refractivity contribution in [3.63, 3.8) is 0 Å². The molecule has 5 heteroatoms. The van der Waals surface area contributed by atoms with Crippen LogP contribution in [0.5, 0.6) is 0 Å². The summed E-state index contributed by atoms with van der Waals surface area (Å²) in [5.41, 5.74) is 4.73. The van der Waals surface area contributed by atoms with Gasteiger partial charge in [-0.15, -0.1) is 22.7 Å². The number of nitrogens with two attached hydrogens (primary N) is 1. The molecule has 0 aliphatic rings. The SMILES string of the molecule is CC(C)(NC(Cc1cccs1)c1cccs1)C(N)=O. The second kappa shape index (κ2) is 5.86. The van der Waals surface area contributed by atoms with Crippen molar-refractivity contribution in [1.82, 2.24) is 5.32 Å². The Labute approximate surface area is 121 Å². The van der Waals surface area contributed by atoms with Gasteiger partial charge in [-0.1, -0.05) is 12.1 Å². The van der Waals surface area contributed by atoms with Gasteiger partial charge in [0.2, 0.25) is 5.91 Å². The van der Waals surface area contributed by atoms with Crippen LogP contribution >= 0.6 is 22.7 Å². The van der Waals surface area contributed by atoms with Crippen molar-refractivity contribution in [3.8, 4) is 0 Å². The van der Waals surface area contributed by atoms with Gasteiger partial charge in [0.15, 0.2) is 0 Å². The first-order chi connectivity index (χ1) is 8.99. The number of rotatable bonds is 6. The van der Waals surface area contributed by atoms with Crippen molar-refractivity contribution in [3.05, 3.63) is 44.8 Å². The maximum Gasteiger partial charge on any atom is 0.237 e. The summed E-state index contributed by atoms with van der Waals surface area (Å²) >= 11 is 3.43. The van der Waals surface area contributed by atoms with Gasteiger partial charge in [-0.05, 0) is 36.7 Å². The molecular weight excluding hydrogens is 276 g/mol. The van der Waals surface area contributed by atoms with E-state index >= 15 is 0 Å².